The number of carbonyl (C=O) groups excluding carboxylic acids is 1. The molecule has 0 unspecified atom stereocenters. The lowest BCUT2D eigenvalue weighted by Gasteiger charge is -2.19. The van der Waals surface area contributed by atoms with Crippen molar-refractivity contribution in [3.63, 3.8) is 0 Å². The lowest BCUT2D eigenvalue weighted by atomic mass is 9.90. The number of carbonyl (C=O) groups is 1. The molecule has 1 aliphatic heterocycles. The van der Waals surface area contributed by atoms with Crippen molar-refractivity contribution in [3.05, 3.63) is 71.6 Å². The fourth-order valence-corrected chi connectivity index (χ4v) is 3.27. The van der Waals surface area contributed by atoms with Crippen LogP contribution in [0.25, 0.3) is 33.4 Å². The van der Waals surface area contributed by atoms with Gasteiger partial charge in [-0.2, -0.15) is 0 Å². The standard InChI is InChI=1S/C21H18N4O2/c1-25(24)21(26)15-5-3-2-4-14(15)20-16-8-6-12(22)10-18(16)27-19-11-13(23)7-9-17(19)20/h2-11,22H,23-24H2,1H3. The van der Waals surface area contributed by atoms with Crippen LogP contribution in [-0.4, -0.2) is 18.0 Å². The number of amides is 1. The summed E-state index contributed by atoms with van der Waals surface area (Å²) in [5.41, 5.74) is 9.98. The van der Waals surface area contributed by atoms with Gasteiger partial charge >= 0.3 is 0 Å². The van der Waals surface area contributed by atoms with Crippen LogP contribution in [0.5, 0.6) is 0 Å². The van der Waals surface area contributed by atoms with Crippen LogP contribution in [0.3, 0.4) is 0 Å². The molecule has 2 aliphatic rings. The molecule has 6 heteroatoms. The fourth-order valence-electron chi connectivity index (χ4n) is 3.27. The molecule has 6 nitrogen and oxygen atoms in total. The van der Waals surface area contributed by atoms with Gasteiger partial charge in [-0.25, -0.2) is 5.84 Å². The average Bonchev–Trinajstić information content (AvgIpc) is 2.65. The van der Waals surface area contributed by atoms with Crippen molar-refractivity contribution in [1.29, 1.82) is 5.41 Å². The van der Waals surface area contributed by atoms with E-state index < -0.39 is 0 Å². The highest BCUT2D eigenvalue weighted by atomic mass is 16.3. The first-order chi connectivity index (χ1) is 13.0. The zero-order valence-electron chi connectivity index (χ0n) is 14.7. The van der Waals surface area contributed by atoms with E-state index in [4.69, 9.17) is 21.4 Å². The molecule has 0 atom stereocenters. The maximum Gasteiger partial charge on any atom is 0.268 e. The molecule has 2 aromatic carbocycles. The van der Waals surface area contributed by atoms with Crippen LogP contribution >= 0.6 is 0 Å². The predicted molar refractivity (Wildman–Crippen MR) is 105 cm³/mol. The molecule has 0 radical (unpaired) electrons. The van der Waals surface area contributed by atoms with E-state index in [0.717, 1.165) is 27.1 Å². The largest absolute Gasteiger partial charge is 0.456 e. The van der Waals surface area contributed by atoms with E-state index >= 15 is 0 Å². The van der Waals surface area contributed by atoms with E-state index in [1.165, 1.54) is 7.05 Å². The number of nitrogens with zero attached hydrogens (tertiary/aromatic N) is 1. The van der Waals surface area contributed by atoms with Crippen LogP contribution in [-0.2, 0) is 0 Å². The molecule has 2 aromatic rings. The van der Waals surface area contributed by atoms with E-state index in [0.29, 0.717) is 28.0 Å². The summed E-state index contributed by atoms with van der Waals surface area (Å²) in [6.07, 6.45) is 0. The minimum atomic E-state index is -0.291. The van der Waals surface area contributed by atoms with Crippen LogP contribution in [0, 0.1) is 5.41 Å². The summed E-state index contributed by atoms with van der Waals surface area (Å²) in [6, 6.07) is 17.9. The fraction of sp³-hybridized carbons (Fsp3) is 0.0476. The highest BCUT2D eigenvalue weighted by Gasteiger charge is 2.22. The number of hydrazine groups is 1. The van der Waals surface area contributed by atoms with Crippen molar-refractivity contribution in [1.82, 2.24) is 5.01 Å². The van der Waals surface area contributed by atoms with Gasteiger partial charge in [-0.1, -0.05) is 18.2 Å². The quantitative estimate of drug-likeness (QED) is 0.168. The molecule has 0 saturated carbocycles. The van der Waals surface area contributed by atoms with Gasteiger partial charge in [-0.3, -0.25) is 9.80 Å². The van der Waals surface area contributed by atoms with Gasteiger partial charge in [0.2, 0.25) is 0 Å². The van der Waals surface area contributed by atoms with Gasteiger partial charge in [0.15, 0.2) is 0 Å². The number of nitrogens with two attached hydrogens (primary N) is 2. The average molecular weight is 358 g/mol. The van der Waals surface area contributed by atoms with E-state index in [1.807, 2.05) is 24.3 Å². The van der Waals surface area contributed by atoms with Crippen LogP contribution in [0.4, 0.5) is 5.69 Å². The first-order valence-electron chi connectivity index (χ1n) is 8.38. The van der Waals surface area contributed by atoms with Crippen molar-refractivity contribution >= 4 is 22.6 Å². The Bertz CT molecular complexity index is 1210. The zero-order chi connectivity index (χ0) is 19.1. The molecular weight excluding hydrogens is 340 g/mol. The number of fused-ring (bicyclic) bond motifs is 2. The van der Waals surface area contributed by atoms with Crippen molar-refractivity contribution in [2.45, 2.75) is 0 Å². The number of hydrogen-bond donors (Lipinski definition) is 3. The van der Waals surface area contributed by atoms with Crippen LogP contribution in [0.2, 0.25) is 0 Å². The Morgan fingerprint density at radius 2 is 1.81 bits per heavy atom. The Kier molecular flexibility index (Phi) is 3.90. The molecule has 0 aromatic heterocycles. The monoisotopic (exact) mass is 358 g/mol. The van der Waals surface area contributed by atoms with Gasteiger partial charge in [0, 0.05) is 46.9 Å². The summed E-state index contributed by atoms with van der Waals surface area (Å²) < 4.78 is 6.00. The third kappa shape index (κ3) is 2.82. The molecule has 4 rings (SSSR count). The number of benzene rings is 3. The molecule has 27 heavy (non-hydrogen) atoms. The minimum Gasteiger partial charge on any atom is -0.456 e. The molecule has 134 valence electrons. The maximum atomic E-state index is 12.6. The summed E-state index contributed by atoms with van der Waals surface area (Å²) in [7, 11) is 1.52. The number of rotatable bonds is 2. The summed E-state index contributed by atoms with van der Waals surface area (Å²) >= 11 is 0. The molecule has 0 saturated heterocycles. The molecule has 1 heterocycles. The second kappa shape index (κ2) is 6.26. The zero-order valence-corrected chi connectivity index (χ0v) is 14.7. The van der Waals surface area contributed by atoms with Gasteiger partial charge in [0.25, 0.3) is 5.91 Å². The SMILES string of the molecule is CN(N)C(=O)c1ccccc1-c1c2ccc(=N)cc-2oc2cc(N)ccc12. The highest BCUT2D eigenvalue weighted by Crippen LogP contribution is 2.41. The third-order valence-electron chi connectivity index (χ3n) is 4.49. The second-order valence-electron chi connectivity index (χ2n) is 6.41. The van der Waals surface area contributed by atoms with Crippen LogP contribution in [0.15, 0.2) is 65.1 Å². The van der Waals surface area contributed by atoms with Gasteiger partial charge in [-0.15, -0.1) is 0 Å². The van der Waals surface area contributed by atoms with E-state index in [-0.39, 0.29) is 5.91 Å². The number of nitrogen functional groups attached to an aromatic ring is 1. The molecular formula is C21H18N4O2. The third-order valence-corrected chi connectivity index (χ3v) is 4.49. The Labute approximate surface area is 155 Å². The second-order valence-corrected chi connectivity index (χ2v) is 6.41. The highest BCUT2D eigenvalue weighted by molar-refractivity contribution is 6.09. The smallest absolute Gasteiger partial charge is 0.268 e. The van der Waals surface area contributed by atoms with Crippen molar-refractivity contribution in [2.24, 2.45) is 5.84 Å². The van der Waals surface area contributed by atoms with Crippen LogP contribution in [0.1, 0.15) is 10.4 Å². The minimum absolute atomic E-state index is 0.291. The molecule has 0 fully saturated rings. The molecule has 1 aliphatic carbocycles. The Hall–Kier alpha value is -3.64. The van der Waals surface area contributed by atoms with Gasteiger partial charge in [-0.05, 0) is 35.9 Å². The lowest BCUT2D eigenvalue weighted by Crippen LogP contribution is -2.33. The van der Waals surface area contributed by atoms with E-state index in [1.54, 1.807) is 36.4 Å². The normalized spacial score (nSPS) is 11.0. The Balaban J connectivity index is 2.16. The van der Waals surface area contributed by atoms with E-state index in [9.17, 15) is 4.79 Å². The molecule has 0 spiro atoms. The lowest BCUT2D eigenvalue weighted by molar-refractivity contribution is 0.0796. The molecule has 0 bridgehead atoms. The predicted octanol–water partition coefficient (Wildman–Crippen LogP) is 3.21. The summed E-state index contributed by atoms with van der Waals surface area (Å²) in [4.78, 5) is 12.6. The van der Waals surface area contributed by atoms with Crippen molar-refractivity contribution in [2.75, 3.05) is 12.8 Å². The van der Waals surface area contributed by atoms with Gasteiger partial charge < -0.3 is 15.6 Å². The number of nitrogens with one attached hydrogen (secondary N) is 1. The first-order valence-corrected chi connectivity index (χ1v) is 8.38. The van der Waals surface area contributed by atoms with Crippen molar-refractivity contribution < 1.29 is 9.21 Å². The maximum absolute atomic E-state index is 12.6. The summed E-state index contributed by atoms with van der Waals surface area (Å²) in [5.74, 6) is 5.97. The number of anilines is 1. The summed E-state index contributed by atoms with van der Waals surface area (Å²) in [6.45, 7) is 0. The summed E-state index contributed by atoms with van der Waals surface area (Å²) in [5, 5.41) is 10.1. The van der Waals surface area contributed by atoms with Gasteiger partial charge in [0.05, 0.1) is 5.36 Å². The Morgan fingerprint density at radius 3 is 2.59 bits per heavy atom. The van der Waals surface area contributed by atoms with Crippen molar-refractivity contribution in [3.8, 4) is 22.5 Å². The van der Waals surface area contributed by atoms with E-state index in [2.05, 4.69) is 0 Å². The number of hydrogen-bond acceptors (Lipinski definition) is 5. The van der Waals surface area contributed by atoms with Gasteiger partial charge in [0.1, 0.15) is 11.3 Å². The first kappa shape index (κ1) is 16.8. The van der Waals surface area contributed by atoms with Crippen LogP contribution < -0.4 is 16.9 Å². The molecule has 1 amide bonds. The molecule has 5 N–H and O–H groups in total. The topological polar surface area (TPSA) is 109 Å². The Morgan fingerprint density at radius 1 is 1.04 bits per heavy atom.